The number of nitrogens with zero attached hydrogens (tertiary/aromatic N) is 5. The monoisotopic (exact) mass is 240 g/mol. The summed E-state index contributed by atoms with van der Waals surface area (Å²) in [4.78, 5) is 2.21. The molecule has 0 spiro atoms. The van der Waals surface area contributed by atoms with Gasteiger partial charge in [-0.2, -0.15) is 0 Å². The van der Waals surface area contributed by atoms with Crippen LogP contribution in [-0.4, -0.2) is 59.1 Å². The highest BCUT2D eigenvalue weighted by atomic mass is 16.5. The minimum atomic E-state index is 0.306. The van der Waals surface area contributed by atoms with Gasteiger partial charge >= 0.3 is 0 Å². The van der Waals surface area contributed by atoms with Gasteiger partial charge in [0, 0.05) is 20.1 Å². The van der Waals surface area contributed by atoms with E-state index in [0.29, 0.717) is 6.04 Å². The smallest absolute Gasteiger partial charge is 0.245 e. The maximum absolute atomic E-state index is 5.52. The molecule has 0 radical (unpaired) electrons. The van der Waals surface area contributed by atoms with Crippen LogP contribution in [0.2, 0.25) is 0 Å². The van der Waals surface area contributed by atoms with Gasteiger partial charge in [0.15, 0.2) is 0 Å². The van der Waals surface area contributed by atoms with Gasteiger partial charge in [0.05, 0.1) is 19.3 Å². The van der Waals surface area contributed by atoms with Gasteiger partial charge < -0.3 is 15.0 Å². The number of morpholine rings is 1. The van der Waals surface area contributed by atoms with Crippen molar-refractivity contribution in [3.8, 4) is 0 Å². The molecule has 1 aromatic rings. The molecule has 17 heavy (non-hydrogen) atoms. The molecule has 1 aromatic heterocycles. The lowest BCUT2D eigenvalue weighted by Gasteiger charge is -2.35. The number of anilines is 1. The largest absolute Gasteiger partial charge is 0.377 e. The Bertz CT molecular complexity index is 341. The van der Waals surface area contributed by atoms with Gasteiger partial charge in [-0.3, -0.25) is 0 Å². The van der Waals surface area contributed by atoms with Crippen molar-refractivity contribution < 1.29 is 4.74 Å². The molecule has 1 unspecified atom stereocenters. The molecular formula is C10H20N6O. The lowest BCUT2D eigenvalue weighted by molar-refractivity contribution is 0.0925. The van der Waals surface area contributed by atoms with E-state index < -0.39 is 0 Å². The Morgan fingerprint density at radius 3 is 3.12 bits per heavy atom. The molecule has 7 heteroatoms. The lowest BCUT2D eigenvalue weighted by atomic mass is 10.2. The zero-order valence-electron chi connectivity index (χ0n) is 10.5. The molecule has 0 bridgehead atoms. The lowest BCUT2D eigenvalue weighted by Crippen LogP contribution is -2.51. The molecule has 1 N–H and O–H groups in total. The van der Waals surface area contributed by atoms with Crippen molar-refractivity contribution in [2.75, 3.05) is 37.7 Å². The molecule has 0 saturated carbocycles. The fraction of sp³-hybridized carbons (Fsp3) is 0.900. The van der Waals surface area contributed by atoms with Crippen LogP contribution in [0.1, 0.15) is 13.3 Å². The number of aryl methyl sites for hydroxylation is 1. The van der Waals surface area contributed by atoms with Gasteiger partial charge in [0.2, 0.25) is 5.95 Å². The molecule has 2 rings (SSSR count). The molecule has 0 aliphatic carbocycles. The van der Waals surface area contributed by atoms with Crippen LogP contribution in [0.15, 0.2) is 0 Å². The van der Waals surface area contributed by atoms with E-state index in [4.69, 9.17) is 4.74 Å². The summed E-state index contributed by atoms with van der Waals surface area (Å²) in [5, 5.41) is 15.0. The van der Waals surface area contributed by atoms with E-state index in [-0.39, 0.29) is 0 Å². The highest BCUT2D eigenvalue weighted by molar-refractivity contribution is 5.30. The topological polar surface area (TPSA) is 68.1 Å². The maximum Gasteiger partial charge on any atom is 0.245 e. The first-order chi connectivity index (χ1) is 8.33. The molecule has 0 amide bonds. The van der Waals surface area contributed by atoms with E-state index in [1.165, 1.54) is 0 Å². The second-order valence-corrected chi connectivity index (χ2v) is 4.23. The average Bonchev–Trinajstić information content (AvgIpc) is 2.76. The molecule has 1 saturated heterocycles. The van der Waals surface area contributed by atoms with Gasteiger partial charge in [0.1, 0.15) is 0 Å². The van der Waals surface area contributed by atoms with E-state index in [1.807, 2.05) is 7.05 Å². The van der Waals surface area contributed by atoms with E-state index in [9.17, 15) is 0 Å². The van der Waals surface area contributed by atoms with Gasteiger partial charge in [-0.25, -0.2) is 4.68 Å². The Labute approximate surface area is 101 Å². The van der Waals surface area contributed by atoms with Gasteiger partial charge in [0.25, 0.3) is 0 Å². The van der Waals surface area contributed by atoms with Crippen LogP contribution in [0.3, 0.4) is 0 Å². The molecular weight excluding hydrogens is 220 g/mol. The minimum absolute atomic E-state index is 0.306. The number of tetrazole rings is 1. The van der Waals surface area contributed by atoms with Crippen LogP contribution in [0.4, 0.5) is 5.95 Å². The maximum atomic E-state index is 5.52. The van der Waals surface area contributed by atoms with E-state index in [2.05, 4.69) is 32.7 Å². The normalized spacial score (nSPS) is 20.8. The summed E-state index contributed by atoms with van der Waals surface area (Å²) < 4.78 is 7.23. The number of hydrogen-bond acceptors (Lipinski definition) is 6. The fourth-order valence-corrected chi connectivity index (χ4v) is 2.00. The molecule has 1 atom stereocenters. The highest BCUT2D eigenvalue weighted by Crippen LogP contribution is 2.14. The summed E-state index contributed by atoms with van der Waals surface area (Å²) in [6, 6.07) is 0.306. The van der Waals surface area contributed by atoms with Crippen LogP contribution in [0, 0.1) is 0 Å². The Morgan fingerprint density at radius 2 is 2.41 bits per heavy atom. The molecule has 0 aromatic carbocycles. The summed E-state index contributed by atoms with van der Waals surface area (Å²) in [6.07, 6.45) is 1.14. The Morgan fingerprint density at radius 1 is 1.53 bits per heavy atom. The Balaban J connectivity index is 1.99. The van der Waals surface area contributed by atoms with Crippen molar-refractivity contribution in [3.05, 3.63) is 0 Å². The third kappa shape index (κ3) is 2.92. The molecule has 1 aliphatic heterocycles. The number of hydrogen-bond donors (Lipinski definition) is 1. The van der Waals surface area contributed by atoms with Crippen LogP contribution < -0.4 is 10.2 Å². The average molecular weight is 240 g/mol. The molecule has 7 nitrogen and oxygen atoms in total. The van der Waals surface area contributed by atoms with Crippen molar-refractivity contribution >= 4 is 5.95 Å². The second kappa shape index (κ2) is 5.92. The molecule has 1 aliphatic rings. The second-order valence-electron chi connectivity index (χ2n) is 4.23. The van der Waals surface area contributed by atoms with Crippen LogP contribution >= 0.6 is 0 Å². The predicted molar refractivity (Wildman–Crippen MR) is 63.9 cm³/mol. The summed E-state index contributed by atoms with van der Waals surface area (Å²) in [7, 11) is 1.86. The molecule has 96 valence electrons. The van der Waals surface area contributed by atoms with E-state index >= 15 is 0 Å². The third-order valence-corrected chi connectivity index (χ3v) is 2.89. The summed E-state index contributed by atoms with van der Waals surface area (Å²) in [5.41, 5.74) is 0. The first kappa shape index (κ1) is 12.3. The quantitative estimate of drug-likeness (QED) is 0.694. The van der Waals surface area contributed by atoms with E-state index in [0.717, 1.165) is 45.2 Å². The Kier molecular flexibility index (Phi) is 4.27. The van der Waals surface area contributed by atoms with Crippen molar-refractivity contribution in [2.24, 2.45) is 7.05 Å². The number of ether oxygens (including phenoxy) is 1. The minimum Gasteiger partial charge on any atom is -0.377 e. The third-order valence-electron chi connectivity index (χ3n) is 2.89. The van der Waals surface area contributed by atoms with E-state index in [1.54, 1.807) is 4.68 Å². The number of rotatable bonds is 5. The van der Waals surface area contributed by atoms with Gasteiger partial charge in [-0.05, 0) is 23.4 Å². The molecule has 1 fully saturated rings. The Hall–Kier alpha value is -1.21. The summed E-state index contributed by atoms with van der Waals surface area (Å²) in [5.74, 6) is 0.816. The van der Waals surface area contributed by atoms with Gasteiger partial charge in [-0.1, -0.05) is 12.0 Å². The summed E-state index contributed by atoms with van der Waals surface area (Å²) in [6.45, 7) is 6.39. The van der Waals surface area contributed by atoms with Crippen molar-refractivity contribution in [1.82, 2.24) is 25.5 Å². The van der Waals surface area contributed by atoms with Crippen molar-refractivity contribution in [1.29, 1.82) is 0 Å². The molecule has 2 heterocycles. The SMILES string of the molecule is CCCNCC1COCCN1c1nnnn1C. The van der Waals surface area contributed by atoms with Crippen molar-refractivity contribution in [2.45, 2.75) is 19.4 Å². The van der Waals surface area contributed by atoms with Crippen LogP contribution in [0.25, 0.3) is 0 Å². The predicted octanol–water partition coefficient (Wildman–Crippen LogP) is -0.585. The zero-order valence-corrected chi connectivity index (χ0v) is 10.5. The number of nitrogens with one attached hydrogen (secondary N) is 1. The first-order valence-electron chi connectivity index (χ1n) is 6.10. The standard InChI is InChI=1S/C10H20N6O/c1-3-4-11-7-9-8-17-6-5-16(9)10-12-13-14-15(10)2/h9,11H,3-8H2,1-2H3. The number of aromatic nitrogens is 4. The van der Waals surface area contributed by atoms with Gasteiger partial charge in [-0.15, -0.1) is 0 Å². The zero-order chi connectivity index (χ0) is 12.1. The van der Waals surface area contributed by atoms with Crippen LogP contribution in [-0.2, 0) is 11.8 Å². The van der Waals surface area contributed by atoms with Crippen molar-refractivity contribution in [3.63, 3.8) is 0 Å². The highest BCUT2D eigenvalue weighted by Gasteiger charge is 2.26. The fourth-order valence-electron chi connectivity index (χ4n) is 2.00. The summed E-state index contributed by atoms with van der Waals surface area (Å²) >= 11 is 0. The van der Waals surface area contributed by atoms with Crippen LogP contribution in [0.5, 0.6) is 0 Å². The first-order valence-corrected chi connectivity index (χ1v) is 6.10.